The van der Waals surface area contributed by atoms with E-state index in [1.54, 1.807) is 6.26 Å². The SMILES string of the molecule is Cc1cc2occ(C)c2c2c1CCC(C)C2=O. The lowest BCUT2D eigenvalue weighted by Gasteiger charge is -2.22. The molecule has 1 atom stereocenters. The Morgan fingerprint density at radius 2 is 2.06 bits per heavy atom. The molecule has 88 valence electrons. The van der Waals surface area contributed by atoms with Gasteiger partial charge in [-0.25, -0.2) is 0 Å². The molecule has 0 fully saturated rings. The van der Waals surface area contributed by atoms with Crippen LogP contribution in [0.5, 0.6) is 0 Å². The number of ketones is 1. The van der Waals surface area contributed by atoms with Crippen LogP contribution in [-0.2, 0) is 6.42 Å². The lowest BCUT2D eigenvalue weighted by Crippen LogP contribution is -2.21. The summed E-state index contributed by atoms with van der Waals surface area (Å²) < 4.78 is 5.53. The van der Waals surface area contributed by atoms with Crippen LogP contribution in [0.2, 0.25) is 0 Å². The molecule has 0 radical (unpaired) electrons. The van der Waals surface area contributed by atoms with E-state index in [2.05, 4.69) is 13.0 Å². The highest BCUT2D eigenvalue weighted by Gasteiger charge is 2.28. The van der Waals surface area contributed by atoms with Crippen LogP contribution in [0.3, 0.4) is 0 Å². The minimum Gasteiger partial charge on any atom is -0.464 e. The van der Waals surface area contributed by atoms with Crippen molar-refractivity contribution < 1.29 is 9.21 Å². The number of hydrogen-bond acceptors (Lipinski definition) is 2. The van der Waals surface area contributed by atoms with Crippen LogP contribution in [0.25, 0.3) is 11.0 Å². The Morgan fingerprint density at radius 3 is 2.82 bits per heavy atom. The van der Waals surface area contributed by atoms with Crippen LogP contribution in [0, 0.1) is 19.8 Å². The molecule has 2 nitrogen and oxygen atoms in total. The quantitative estimate of drug-likeness (QED) is 0.686. The van der Waals surface area contributed by atoms with E-state index in [4.69, 9.17) is 4.42 Å². The average molecular weight is 228 g/mol. The van der Waals surface area contributed by atoms with E-state index >= 15 is 0 Å². The maximum atomic E-state index is 12.4. The highest BCUT2D eigenvalue weighted by molar-refractivity contribution is 6.11. The van der Waals surface area contributed by atoms with Gasteiger partial charge in [0.1, 0.15) is 5.58 Å². The fourth-order valence-corrected chi connectivity index (χ4v) is 2.85. The number of rotatable bonds is 0. The molecule has 0 saturated heterocycles. The molecule has 1 aromatic carbocycles. The summed E-state index contributed by atoms with van der Waals surface area (Å²) in [5.74, 6) is 0.422. The molecule has 1 aliphatic rings. The summed E-state index contributed by atoms with van der Waals surface area (Å²) in [4.78, 5) is 12.4. The van der Waals surface area contributed by atoms with Gasteiger partial charge in [-0.2, -0.15) is 0 Å². The molecule has 0 saturated carbocycles. The summed E-state index contributed by atoms with van der Waals surface area (Å²) in [6, 6.07) is 2.06. The number of carbonyl (C=O) groups is 1. The van der Waals surface area contributed by atoms with Gasteiger partial charge in [0.2, 0.25) is 0 Å². The second kappa shape index (κ2) is 3.46. The van der Waals surface area contributed by atoms with Crippen molar-refractivity contribution in [2.45, 2.75) is 33.6 Å². The Hall–Kier alpha value is -1.57. The first kappa shape index (κ1) is 10.6. The molecule has 3 rings (SSSR count). The first-order valence-electron chi connectivity index (χ1n) is 6.14. The van der Waals surface area contributed by atoms with E-state index < -0.39 is 0 Å². The van der Waals surface area contributed by atoms with Gasteiger partial charge in [-0.15, -0.1) is 0 Å². The normalized spacial score (nSPS) is 19.7. The van der Waals surface area contributed by atoms with E-state index in [1.165, 1.54) is 11.1 Å². The van der Waals surface area contributed by atoms with Gasteiger partial charge in [0, 0.05) is 16.9 Å². The number of carbonyl (C=O) groups excluding carboxylic acids is 1. The first-order valence-corrected chi connectivity index (χ1v) is 6.14. The van der Waals surface area contributed by atoms with Crippen LogP contribution in [-0.4, -0.2) is 5.78 Å². The van der Waals surface area contributed by atoms with Gasteiger partial charge in [0.15, 0.2) is 5.78 Å². The van der Waals surface area contributed by atoms with Crippen molar-refractivity contribution in [1.82, 2.24) is 0 Å². The van der Waals surface area contributed by atoms with Crippen molar-refractivity contribution in [3.8, 4) is 0 Å². The molecule has 0 spiro atoms. The smallest absolute Gasteiger partial charge is 0.166 e. The van der Waals surface area contributed by atoms with Crippen molar-refractivity contribution in [1.29, 1.82) is 0 Å². The van der Waals surface area contributed by atoms with Crippen molar-refractivity contribution in [2.75, 3.05) is 0 Å². The third-order valence-electron chi connectivity index (χ3n) is 3.90. The topological polar surface area (TPSA) is 30.2 Å². The fraction of sp³-hybridized carbons (Fsp3) is 0.400. The van der Waals surface area contributed by atoms with E-state index in [0.717, 1.165) is 34.9 Å². The molecule has 0 aliphatic heterocycles. The Bertz CT molecular complexity index is 619. The van der Waals surface area contributed by atoms with Crippen molar-refractivity contribution in [3.05, 3.63) is 34.6 Å². The summed E-state index contributed by atoms with van der Waals surface area (Å²) in [6.45, 7) is 6.10. The molecule has 0 N–H and O–H groups in total. The van der Waals surface area contributed by atoms with Crippen LogP contribution < -0.4 is 0 Å². The molecule has 2 heteroatoms. The summed E-state index contributed by atoms with van der Waals surface area (Å²) in [6.07, 6.45) is 3.72. The minimum atomic E-state index is 0.141. The molecule has 0 bridgehead atoms. The van der Waals surface area contributed by atoms with Crippen LogP contribution >= 0.6 is 0 Å². The van der Waals surface area contributed by atoms with Gasteiger partial charge in [-0.05, 0) is 49.4 Å². The maximum Gasteiger partial charge on any atom is 0.166 e. The molecule has 1 aromatic heterocycles. The average Bonchev–Trinajstić information content (AvgIpc) is 2.65. The standard InChI is InChI=1S/C15H16O2/c1-8-4-5-11-9(2)6-12-13(10(3)7-17-12)14(11)15(8)16/h6-8H,4-5H2,1-3H3. The van der Waals surface area contributed by atoms with Gasteiger partial charge in [0.05, 0.1) is 6.26 Å². The van der Waals surface area contributed by atoms with Gasteiger partial charge in [-0.1, -0.05) is 6.92 Å². The zero-order valence-corrected chi connectivity index (χ0v) is 10.5. The summed E-state index contributed by atoms with van der Waals surface area (Å²) >= 11 is 0. The zero-order chi connectivity index (χ0) is 12.2. The van der Waals surface area contributed by atoms with Crippen molar-refractivity contribution >= 4 is 16.8 Å². The maximum absolute atomic E-state index is 12.4. The lowest BCUT2D eigenvalue weighted by atomic mass is 9.80. The van der Waals surface area contributed by atoms with Crippen LogP contribution in [0.15, 0.2) is 16.7 Å². The van der Waals surface area contributed by atoms with Gasteiger partial charge in [-0.3, -0.25) is 4.79 Å². The second-order valence-electron chi connectivity index (χ2n) is 5.14. The lowest BCUT2D eigenvalue weighted by molar-refractivity contribution is 0.0915. The van der Waals surface area contributed by atoms with Crippen LogP contribution in [0.1, 0.15) is 40.4 Å². The van der Waals surface area contributed by atoms with Gasteiger partial charge < -0.3 is 4.42 Å². The van der Waals surface area contributed by atoms with Crippen molar-refractivity contribution in [2.24, 2.45) is 5.92 Å². The Morgan fingerprint density at radius 1 is 1.29 bits per heavy atom. The summed E-state index contributed by atoms with van der Waals surface area (Å²) in [7, 11) is 0. The number of aryl methyl sites for hydroxylation is 2. The predicted octanol–water partition coefficient (Wildman–Crippen LogP) is 3.81. The largest absolute Gasteiger partial charge is 0.464 e. The number of Topliss-reactive ketones (excluding diaryl/α,β-unsaturated/α-hetero) is 1. The number of fused-ring (bicyclic) bond motifs is 3. The van der Waals surface area contributed by atoms with E-state index in [9.17, 15) is 4.79 Å². The highest BCUT2D eigenvalue weighted by Crippen LogP contribution is 2.36. The number of benzene rings is 1. The van der Waals surface area contributed by atoms with E-state index in [1.807, 2.05) is 13.8 Å². The Balaban J connectivity index is 2.44. The Labute approximate surface area is 101 Å². The molecular weight excluding hydrogens is 212 g/mol. The molecule has 1 heterocycles. The molecular formula is C15H16O2. The van der Waals surface area contributed by atoms with Gasteiger partial charge >= 0.3 is 0 Å². The molecule has 0 amide bonds. The highest BCUT2D eigenvalue weighted by atomic mass is 16.3. The summed E-state index contributed by atoms with van der Waals surface area (Å²) in [5, 5.41) is 1.03. The first-order chi connectivity index (χ1) is 8.09. The Kier molecular flexibility index (Phi) is 2.15. The van der Waals surface area contributed by atoms with Crippen molar-refractivity contribution in [3.63, 3.8) is 0 Å². The molecule has 17 heavy (non-hydrogen) atoms. The molecule has 1 unspecified atom stereocenters. The third kappa shape index (κ3) is 1.36. The summed E-state index contributed by atoms with van der Waals surface area (Å²) in [5.41, 5.74) is 5.25. The van der Waals surface area contributed by atoms with E-state index in [0.29, 0.717) is 0 Å². The fourth-order valence-electron chi connectivity index (χ4n) is 2.85. The predicted molar refractivity (Wildman–Crippen MR) is 67.5 cm³/mol. The molecule has 2 aromatic rings. The number of hydrogen-bond donors (Lipinski definition) is 0. The number of furan rings is 1. The van der Waals surface area contributed by atoms with Gasteiger partial charge in [0.25, 0.3) is 0 Å². The monoisotopic (exact) mass is 228 g/mol. The van der Waals surface area contributed by atoms with E-state index in [-0.39, 0.29) is 11.7 Å². The zero-order valence-electron chi connectivity index (χ0n) is 10.5. The third-order valence-corrected chi connectivity index (χ3v) is 3.90. The van der Waals surface area contributed by atoms with Crippen LogP contribution in [0.4, 0.5) is 0 Å². The molecule has 1 aliphatic carbocycles. The second-order valence-corrected chi connectivity index (χ2v) is 5.14. The minimum absolute atomic E-state index is 0.141.